The average molecular weight is 223 g/mol. The quantitative estimate of drug-likeness (QED) is 0.831. The van der Waals surface area contributed by atoms with E-state index in [0.29, 0.717) is 6.04 Å². The van der Waals surface area contributed by atoms with E-state index in [2.05, 4.69) is 24.4 Å². The second-order valence-corrected chi connectivity index (χ2v) is 5.99. The number of rotatable bonds is 4. The van der Waals surface area contributed by atoms with Gasteiger partial charge in [-0.2, -0.15) is 0 Å². The maximum absolute atomic E-state index is 6.26. The van der Waals surface area contributed by atoms with Crippen LogP contribution in [0.1, 0.15) is 37.5 Å². The van der Waals surface area contributed by atoms with Crippen LogP contribution in [0.2, 0.25) is 0 Å². The van der Waals surface area contributed by atoms with Gasteiger partial charge >= 0.3 is 0 Å². The maximum Gasteiger partial charge on any atom is 0.00707 e. The molecule has 1 fully saturated rings. The summed E-state index contributed by atoms with van der Waals surface area (Å²) < 4.78 is 0. The number of thiophene rings is 1. The predicted octanol–water partition coefficient (Wildman–Crippen LogP) is 3.44. The van der Waals surface area contributed by atoms with Gasteiger partial charge in [-0.25, -0.2) is 0 Å². The average Bonchev–Trinajstić information content (AvgIpc) is 2.84. The maximum atomic E-state index is 6.26. The largest absolute Gasteiger partial charge is 0.327 e. The Morgan fingerprint density at radius 3 is 3.00 bits per heavy atom. The molecule has 1 heterocycles. The van der Waals surface area contributed by atoms with E-state index < -0.39 is 0 Å². The Morgan fingerprint density at radius 1 is 1.53 bits per heavy atom. The summed E-state index contributed by atoms with van der Waals surface area (Å²) >= 11 is 1.85. The first-order valence-corrected chi connectivity index (χ1v) is 6.91. The molecule has 2 heteroatoms. The highest BCUT2D eigenvalue weighted by Gasteiger charge is 2.26. The van der Waals surface area contributed by atoms with Crippen LogP contribution < -0.4 is 5.73 Å². The summed E-state index contributed by atoms with van der Waals surface area (Å²) in [5, 5.41) is 2.15. The predicted molar refractivity (Wildman–Crippen MR) is 67.1 cm³/mol. The molecular formula is C13H21NS. The van der Waals surface area contributed by atoms with E-state index in [1.165, 1.54) is 30.6 Å². The Bertz CT molecular complexity index is 281. The Balaban J connectivity index is 1.75. The van der Waals surface area contributed by atoms with Crippen LogP contribution in [0.25, 0.3) is 0 Å². The molecular weight excluding hydrogens is 202 g/mol. The van der Waals surface area contributed by atoms with Crippen LogP contribution >= 0.6 is 11.3 Å². The van der Waals surface area contributed by atoms with Gasteiger partial charge in [0, 0.05) is 10.9 Å². The molecule has 3 unspecified atom stereocenters. The van der Waals surface area contributed by atoms with Crippen molar-refractivity contribution in [3.63, 3.8) is 0 Å². The summed E-state index contributed by atoms with van der Waals surface area (Å²) in [4.78, 5) is 1.48. The highest BCUT2D eigenvalue weighted by Crippen LogP contribution is 2.33. The Labute approximate surface area is 96.7 Å². The molecule has 84 valence electrons. The fourth-order valence-electron chi connectivity index (χ4n) is 2.64. The zero-order valence-corrected chi connectivity index (χ0v) is 10.3. The van der Waals surface area contributed by atoms with Crippen molar-refractivity contribution in [2.75, 3.05) is 0 Å². The molecule has 1 nitrogen and oxygen atoms in total. The molecule has 0 spiro atoms. The molecule has 2 N–H and O–H groups in total. The zero-order chi connectivity index (χ0) is 10.7. The summed E-state index contributed by atoms with van der Waals surface area (Å²) in [6.07, 6.45) is 6.43. The summed E-state index contributed by atoms with van der Waals surface area (Å²) in [6, 6.07) is 4.77. The first-order chi connectivity index (χ1) is 7.25. The summed E-state index contributed by atoms with van der Waals surface area (Å²) in [5.41, 5.74) is 6.26. The Hall–Kier alpha value is -0.340. The van der Waals surface area contributed by atoms with E-state index in [9.17, 15) is 0 Å². The van der Waals surface area contributed by atoms with Crippen LogP contribution in [0.15, 0.2) is 17.5 Å². The van der Waals surface area contributed by atoms with Crippen molar-refractivity contribution in [1.29, 1.82) is 0 Å². The van der Waals surface area contributed by atoms with Crippen molar-refractivity contribution in [1.82, 2.24) is 0 Å². The summed E-state index contributed by atoms with van der Waals surface area (Å²) in [5.74, 6) is 1.70. The molecule has 3 atom stereocenters. The van der Waals surface area contributed by atoms with Gasteiger partial charge in [0.25, 0.3) is 0 Å². The molecule has 0 bridgehead atoms. The molecule has 0 aliphatic heterocycles. The topological polar surface area (TPSA) is 26.0 Å². The Kier molecular flexibility index (Phi) is 3.81. The first kappa shape index (κ1) is 11.2. The number of hydrogen-bond donors (Lipinski definition) is 1. The lowest BCUT2D eigenvalue weighted by Crippen LogP contribution is -2.29. The van der Waals surface area contributed by atoms with Crippen molar-refractivity contribution in [2.45, 2.75) is 45.1 Å². The van der Waals surface area contributed by atoms with E-state index in [1.807, 2.05) is 11.3 Å². The highest BCUT2D eigenvalue weighted by atomic mass is 32.1. The molecule has 2 rings (SSSR count). The SMILES string of the molecule is CC1CCC(C(N)CCc2cccs2)C1. The Morgan fingerprint density at radius 2 is 2.40 bits per heavy atom. The third-order valence-electron chi connectivity index (χ3n) is 3.65. The van der Waals surface area contributed by atoms with E-state index in [4.69, 9.17) is 5.73 Å². The minimum atomic E-state index is 0.428. The van der Waals surface area contributed by atoms with Crippen LogP contribution in [0.3, 0.4) is 0 Å². The highest BCUT2D eigenvalue weighted by molar-refractivity contribution is 7.09. The molecule has 1 aromatic rings. The van der Waals surface area contributed by atoms with E-state index in [1.54, 1.807) is 0 Å². The van der Waals surface area contributed by atoms with Gasteiger partial charge in [0.05, 0.1) is 0 Å². The van der Waals surface area contributed by atoms with Crippen molar-refractivity contribution in [3.8, 4) is 0 Å². The number of aryl methyl sites for hydroxylation is 1. The van der Waals surface area contributed by atoms with E-state index in [0.717, 1.165) is 18.3 Å². The van der Waals surface area contributed by atoms with E-state index in [-0.39, 0.29) is 0 Å². The fraction of sp³-hybridized carbons (Fsp3) is 0.692. The lowest BCUT2D eigenvalue weighted by atomic mass is 9.94. The molecule has 0 saturated heterocycles. The van der Waals surface area contributed by atoms with Crippen molar-refractivity contribution in [3.05, 3.63) is 22.4 Å². The van der Waals surface area contributed by atoms with Gasteiger partial charge in [0.15, 0.2) is 0 Å². The van der Waals surface area contributed by atoms with Crippen LogP contribution in [0.4, 0.5) is 0 Å². The zero-order valence-electron chi connectivity index (χ0n) is 9.49. The van der Waals surface area contributed by atoms with Gasteiger partial charge < -0.3 is 5.73 Å². The molecule has 15 heavy (non-hydrogen) atoms. The van der Waals surface area contributed by atoms with Gasteiger partial charge in [-0.15, -0.1) is 11.3 Å². The van der Waals surface area contributed by atoms with Gasteiger partial charge in [-0.3, -0.25) is 0 Å². The molecule has 1 aliphatic carbocycles. The third-order valence-corrected chi connectivity index (χ3v) is 4.58. The normalized spacial score (nSPS) is 28.1. The number of hydrogen-bond acceptors (Lipinski definition) is 2. The smallest absolute Gasteiger partial charge is 0.00707 e. The molecule has 0 radical (unpaired) electrons. The minimum Gasteiger partial charge on any atom is -0.327 e. The van der Waals surface area contributed by atoms with Crippen molar-refractivity contribution < 1.29 is 0 Å². The first-order valence-electron chi connectivity index (χ1n) is 6.03. The van der Waals surface area contributed by atoms with E-state index >= 15 is 0 Å². The standard InChI is InChI=1S/C13H21NS/c1-10-4-5-11(9-10)13(14)7-6-12-3-2-8-15-12/h2-3,8,10-11,13H,4-7,9,14H2,1H3. The molecule has 1 saturated carbocycles. The molecule has 0 aromatic carbocycles. The van der Waals surface area contributed by atoms with Gasteiger partial charge in [0.2, 0.25) is 0 Å². The van der Waals surface area contributed by atoms with Crippen LogP contribution in [-0.4, -0.2) is 6.04 Å². The minimum absolute atomic E-state index is 0.428. The monoisotopic (exact) mass is 223 g/mol. The summed E-state index contributed by atoms with van der Waals surface area (Å²) in [6.45, 7) is 2.35. The molecule has 0 amide bonds. The van der Waals surface area contributed by atoms with Gasteiger partial charge in [0.1, 0.15) is 0 Å². The second kappa shape index (κ2) is 5.13. The molecule has 1 aromatic heterocycles. The van der Waals surface area contributed by atoms with Gasteiger partial charge in [-0.05, 0) is 49.0 Å². The third kappa shape index (κ3) is 3.05. The number of nitrogens with two attached hydrogens (primary N) is 1. The lowest BCUT2D eigenvalue weighted by Gasteiger charge is -2.18. The van der Waals surface area contributed by atoms with Crippen LogP contribution in [0, 0.1) is 11.8 Å². The summed E-state index contributed by atoms with van der Waals surface area (Å²) in [7, 11) is 0. The van der Waals surface area contributed by atoms with Crippen molar-refractivity contribution >= 4 is 11.3 Å². The lowest BCUT2D eigenvalue weighted by molar-refractivity contribution is 0.399. The van der Waals surface area contributed by atoms with Crippen molar-refractivity contribution in [2.24, 2.45) is 17.6 Å². The molecule has 1 aliphatic rings. The fourth-order valence-corrected chi connectivity index (χ4v) is 3.36. The second-order valence-electron chi connectivity index (χ2n) is 4.96. The van der Waals surface area contributed by atoms with Crippen LogP contribution in [-0.2, 0) is 6.42 Å². The van der Waals surface area contributed by atoms with Gasteiger partial charge in [-0.1, -0.05) is 19.4 Å². The van der Waals surface area contributed by atoms with Crippen LogP contribution in [0.5, 0.6) is 0 Å².